The SMILES string of the molecule is C=C(C)C=CCCCCBr. The van der Waals surface area contributed by atoms with Crippen LogP contribution in [0.15, 0.2) is 24.3 Å². The van der Waals surface area contributed by atoms with E-state index in [4.69, 9.17) is 0 Å². The van der Waals surface area contributed by atoms with Crippen molar-refractivity contribution < 1.29 is 0 Å². The van der Waals surface area contributed by atoms with Crippen LogP contribution in [0.3, 0.4) is 0 Å². The minimum Gasteiger partial charge on any atom is -0.0961 e. The third kappa shape index (κ3) is 7.96. The molecule has 0 fully saturated rings. The fourth-order valence-corrected chi connectivity index (χ4v) is 1.04. The van der Waals surface area contributed by atoms with Crippen LogP contribution in [0.25, 0.3) is 0 Å². The molecule has 58 valence electrons. The van der Waals surface area contributed by atoms with Crippen molar-refractivity contribution in [3.05, 3.63) is 24.3 Å². The summed E-state index contributed by atoms with van der Waals surface area (Å²) in [6.45, 7) is 5.79. The number of unbranched alkanes of at least 4 members (excludes halogenated alkanes) is 2. The Bertz CT molecular complexity index is 114. The highest BCUT2D eigenvalue weighted by molar-refractivity contribution is 9.09. The van der Waals surface area contributed by atoms with E-state index < -0.39 is 0 Å². The maximum absolute atomic E-state index is 3.78. The van der Waals surface area contributed by atoms with E-state index in [-0.39, 0.29) is 0 Å². The van der Waals surface area contributed by atoms with Crippen molar-refractivity contribution in [3.8, 4) is 0 Å². The number of hydrogen-bond acceptors (Lipinski definition) is 0. The van der Waals surface area contributed by atoms with Crippen molar-refractivity contribution in [1.82, 2.24) is 0 Å². The van der Waals surface area contributed by atoms with Gasteiger partial charge in [0.25, 0.3) is 0 Å². The lowest BCUT2D eigenvalue weighted by Gasteiger charge is -1.90. The number of allylic oxidation sites excluding steroid dienone is 3. The van der Waals surface area contributed by atoms with Crippen LogP contribution in [-0.4, -0.2) is 5.33 Å². The predicted octanol–water partition coefficient (Wildman–Crippen LogP) is 3.68. The van der Waals surface area contributed by atoms with Crippen LogP contribution in [0.4, 0.5) is 0 Å². The largest absolute Gasteiger partial charge is 0.0961 e. The highest BCUT2D eigenvalue weighted by Crippen LogP contribution is 2.00. The molecule has 0 spiro atoms. The molecule has 0 aromatic heterocycles. The van der Waals surface area contributed by atoms with E-state index in [0.29, 0.717) is 0 Å². The standard InChI is InChI=1S/C9H15Br/c1-9(2)7-5-3-4-6-8-10/h5,7H,1,3-4,6,8H2,2H3. The van der Waals surface area contributed by atoms with Crippen LogP contribution in [0.2, 0.25) is 0 Å². The minimum atomic E-state index is 1.12. The molecular formula is C9H15Br. The summed E-state index contributed by atoms with van der Waals surface area (Å²) in [6, 6.07) is 0. The van der Waals surface area contributed by atoms with E-state index in [1.165, 1.54) is 19.3 Å². The molecule has 0 atom stereocenters. The quantitative estimate of drug-likeness (QED) is 0.363. The average Bonchev–Trinajstić information content (AvgIpc) is 1.87. The van der Waals surface area contributed by atoms with Gasteiger partial charge in [0.05, 0.1) is 0 Å². The van der Waals surface area contributed by atoms with Crippen molar-refractivity contribution in [2.75, 3.05) is 5.33 Å². The zero-order chi connectivity index (χ0) is 7.82. The van der Waals surface area contributed by atoms with Gasteiger partial charge >= 0.3 is 0 Å². The van der Waals surface area contributed by atoms with Crippen molar-refractivity contribution in [2.24, 2.45) is 0 Å². The fraction of sp³-hybridized carbons (Fsp3) is 0.556. The molecule has 10 heavy (non-hydrogen) atoms. The maximum atomic E-state index is 3.78. The number of rotatable bonds is 5. The van der Waals surface area contributed by atoms with Crippen LogP contribution >= 0.6 is 15.9 Å². The average molecular weight is 203 g/mol. The molecule has 0 bridgehead atoms. The van der Waals surface area contributed by atoms with Gasteiger partial charge in [0.2, 0.25) is 0 Å². The number of hydrogen-bond donors (Lipinski definition) is 0. The van der Waals surface area contributed by atoms with E-state index in [1.54, 1.807) is 0 Å². The summed E-state index contributed by atoms with van der Waals surface area (Å²) < 4.78 is 0. The molecule has 0 saturated carbocycles. The normalized spacial score (nSPS) is 10.6. The third-order valence-corrected chi connectivity index (χ3v) is 1.72. The Labute approximate surface area is 72.1 Å². The Kier molecular flexibility index (Phi) is 7.04. The Morgan fingerprint density at radius 3 is 2.70 bits per heavy atom. The van der Waals surface area contributed by atoms with Crippen molar-refractivity contribution >= 4 is 15.9 Å². The van der Waals surface area contributed by atoms with E-state index in [2.05, 4.69) is 34.7 Å². The molecule has 0 nitrogen and oxygen atoms in total. The molecule has 0 aromatic carbocycles. The van der Waals surface area contributed by atoms with Crippen LogP contribution < -0.4 is 0 Å². The van der Waals surface area contributed by atoms with Gasteiger partial charge in [-0.1, -0.05) is 40.2 Å². The lowest BCUT2D eigenvalue weighted by molar-refractivity contribution is 0.826. The van der Waals surface area contributed by atoms with Gasteiger partial charge in [0.15, 0.2) is 0 Å². The first-order chi connectivity index (χ1) is 4.77. The minimum absolute atomic E-state index is 1.12. The summed E-state index contributed by atoms with van der Waals surface area (Å²) >= 11 is 3.39. The smallest absolute Gasteiger partial charge is 0.00314 e. The molecule has 0 rings (SSSR count). The monoisotopic (exact) mass is 202 g/mol. The van der Waals surface area contributed by atoms with Crippen molar-refractivity contribution in [2.45, 2.75) is 26.2 Å². The Hall–Kier alpha value is -0.0400. The number of halogens is 1. The fourth-order valence-electron chi connectivity index (χ4n) is 0.641. The van der Waals surface area contributed by atoms with Gasteiger partial charge in [-0.3, -0.25) is 0 Å². The second-order valence-electron chi connectivity index (χ2n) is 2.43. The van der Waals surface area contributed by atoms with E-state index in [9.17, 15) is 0 Å². The third-order valence-electron chi connectivity index (χ3n) is 1.16. The highest BCUT2D eigenvalue weighted by atomic mass is 79.9. The van der Waals surface area contributed by atoms with Crippen LogP contribution in [0.1, 0.15) is 26.2 Å². The Balaban J connectivity index is 3.10. The van der Waals surface area contributed by atoms with E-state index in [0.717, 1.165) is 10.9 Å². The second-order valence-corrected chi connectivity index (χ2v) is 3.23. The Morgan fingerprint density at radius 1 is 1.50 bits per heavy atom. The molecule has 0 unspecified atom stereocenters. The number of alkyl halides is 1. The second kappa shape index (κ2) is 7.07. The molecular weight excluding hydrogens is 188 g/mol. The van der Waals surface area contributed by atoms with Crippen LogP contribution in [0.5, 0.6) is 0 Å². The topological polar surface area (TPSA) is 0 Å². The first kappa shape index (κ1) is 9.96. The van der Waals surface area contributed by atoms with Gasteiger partial charge in [-0.15, -0.1) is 0 Å². The summed E-state index contributed by atoms with van der Waals surface area (Å²) in [4.78, 5) is 0. The van der Waals surface area contributed by atoms with Gasteiger partial charge in [0.1, 0.15) is 0 Å². The molecule has 0 N–H and O–H groups in total. The summed E-state index contributed by atoms with van der Waals surface area (Å²) in [5, 5.41) is 1.12. The van der Waals surface area contributed by atoms with E-state index in [1.807, 2.05) is 6.92 Å². The first-order valence-electron chi connectivity index (χ1n) is 3.65. The predicted molar refractivity (Wildman–Crippen MR) is 51.6 cm³/mol. The van der Waals surface area contributed by atoms with Crippen LogP contribution in [0, 0.1) is 0 Å². The molecule has 0 radical (unpaired) electrons. The molecule has 1 heteroatoms. The molecule has 0 saturated heterocycles. The zero-order valence-corrected chi connectivity index (χ0v) is 8.15. The highest BCUT2D eigenvalue weighted by Gasteiger charge is 1.81. The molecule has 0 aliphatic rings. The molecule has 0 aliphatic heterocycles. The zero-order valence-electron chi connectivity index (χ0n) is 6.57. The molecule has 0 aromatic rings. The summed E-state index contributed by atoms with van der Waals surface area (Å²) in [5.74, 6) is 0. The summed E-state index contributed by atoms with van der Waals surface area (Å²) in [5.41, 5.74) is 1.14. The first-order valence-corrected chi connectivity index (χ1v) is 4.77. The maximum Gasteiger partial charge on any atom is 0.00314 e. The lowest BCUT2D eigenvalue weighted by Crippen LogP contribution is -1.73. The van der Waals surface area contributed by atoms with Gasteiger partial charge in [-0.25, -0.2) is 0 Å². The lowest BCUT2D eigenvalue weighted by atomic mass is 10.2. The molecule has 0 aliphatic carbocycles. The van der Waals surface area contributed by atoms with Crippen molar-refractivity contribution in [3.63, 3.8) is 0 Å². The molecule has 0 heterocycles. The Morgan fingerprint density at radius 2 is 2.20 bits per heavy atom. The van der Waals surface area contributed by atoms with E-state index >= 15 is 0 Å². The van der Waals surface area contributed by atoms with Gasteiger partial charge < -0.3 is 0 Å². The van der Waals surface area contributed by atoms with Crippen LogP contribution in [-0.2, 0) is 0 Å². The summed E-state index contributed by atoms with van der Waals surface area (Å²) in [7, 11) is 0. The van der Waals surface area contributed by atoms with Gasteiger partial charge in [-0.05, 0) is 26.2 Å². The molecule has 0 amide bonds. The summed E-state index contributed by atoms with van der Waals surface area (Å²) in [6.07, 6.45) is 7.98. The van der Waals surface area contributed by atoms with Crippen molar-refractivity contribution in [1.29, 1.82) is 0 Å². The van der Waals surface area contributed by atoms with Gasteiger partial charge in [-0.2, -0.15) is 0 Å². The van der Waals surface area contributed by atoms with Gasteiger partial charge in [0, 0.05) is 5.33 Å².